The molecule has 116 valence electrons. The summed E-state index contributed by atoms with van der Waals surface area (Å²) in [6.45, 7) is 3.63. The van der Waals surface area contributed by atoms with Crippen molar-refractivity contribution in [1.82, 2.24) is 5.32 Å². The van der Waals surface area contributed by atoms with E-state index in [0.29, 0.717) is 18.9 Å². The van der Waals surface area contributed by atoms with Crippen LogP contribution in [0.5, 0.6) is 0 Å². The molecule has 20 heavy (non-hydrogen) atoms. The molecule has 1 aliphatic heterocycles. The Morgan fingerprint density at radius 1 is 1.30 bits per heavy atom. The summed E-state index contributed by atoms with van der Waals surface area (Å²) < 4.78 is 5.69. The zero-order chi connectivity index (χ0) is 14.4. The Labute approximate surface area is 122 Å². The Hall–Kier alpha value is -0.610. The molecular weight excluding hydrogens is 252 g/mol. The van der Waals surface area contributed by atoms with E-state index < -0.39 is 0 Å². The summed E-state index contributed by atoms with van der Waals surface area (Å²) >= 11 is 0. The fraction of sp³-hybridized carbons (Fsp3) is 0.938. The third-order valence-corrected chi connectivity index (χ3v) is 5.17. The Balaban J connectivity index is 1.79. The van der Waals surface area contributed by atoms with Crippen molar-refractivity contribution in [2.45, 2.75) is 76.4 Å². The molecule has 1 amide bonds. The summed E-state index contributed by atoms with van der Waals surface area (Å²) in [4.78, 5) is 12.2. The molecule has 1 aliphatic carbocycles. The largest absolute Gasteiger partial charge is 0.378 e. The van der Waals surface area contributed by atoms with Crippen LogP contribution in [-0.2, 0) is 9.53 Å². The quantitative estimate of drug-likeness (QED) is 0.813. The predicted molar refractivity (Wildman–Crippen MR) is 80.4 cm³/mol. The van der Waals surface area contributed by atoms with Crippen molar-refractivity contribution in [3.8, 4) is 0 Å². The smallest absolute Gasteiger partial charge is 0.220 e. The molecule has 1 saturated heterocycles. The lowest BCUT2D eigenvalue weighted by Gasteiger charge is -2.42. The monoisotopic (exact) mass is 282 g/mol. The molecule has 0 aromatic heterocycles. The molecule has 3 atom stereocenters. The van der Waals surface area contributed by atoms with Crippen molar-refractivity contribution in [1.29, 1.82) is 0 Å². The minimum atomic E-state index is -0.164. The van der Waals surface area contributed by atoms with Crippen molar-refractivity contribution in [2.75, 3.05) is 13.2 Å². The first-order chi connectivity index (χ1) is 9.66. The number of rotatable bonds is 5. The van der Waals surface area contributed by atoms with Crippen LogP contribution < -0.4 is 11.1 Å². The van der Waals surface area contributed by atoms with Crippen LogP contribution in [0.3, 0.4) is 0 Å². The lowest BCUT2D eigenvalue weighted by atomic mass is 9.73. The van der Waals surface area contributed by atoms with E-state index in [1.807, 2.05) is 0 Å². The van der Waals surface area contributed by atoms with Gasteiger partial charge < -0.3 is 15.8 Å². The topological polar surface area (TPSA) is 64.3 Å². The summed E-state index contributed by atoms with van der Waals surface area (Å²) in [5, 5.41) is 3.25. The highest BCUT2D eigenvalue weighted by Crippen LogP contribution is 2.33. The van der Waals surface area contributed by atoms with Crippen LogP contribution in [0.25, 0.3) is 0 Å². The minimum absolute atomic E-state index is 0.151. The molecule has 2 aliphatic rings. The van der Waals surface area contributed by atoms with Gasteiger partial charge >= 0.3 is 0 Å². The number of hydrogen-bond acceptors (Lipinski definition) is 3. The van der Waals surface area contributed by atoms with Crippen molar-refractivity contribution < 1.29 is 9.53 Å². The minimum Gasteiger partial charge on any atom is -0.378 e. The molecular formula is C16H30N2O2. The van der Waals surface area contributed by atoms with E-state index in [9.17, 15) is 4.79 Å². The predicted octanol–water partition coefficient (Wildman–Crippen LogP) is 2.36. The second-order valence-electron chi connectivity index (χ2n) is 6.58. The zero-order valence-corrected chi connectivity index (χ0v) is 12.8. The standard InChI is InChI=1S/C16H30N2O2/c1-13-6-2-4-10-16(13,12-17)18-15(19)9-8-14-7-3-5-11-20-14/h13-14H,2-12,17H2,1H3,(H,18,19). The Kier molecular flexibility index (Phi) is 5.85. The highest BCUT2D eigenvalue weighted by molar-refractivity contribution is 5.77. The summed E-state index contributed by atoms with van der Waals surface area (Å²) in [5.74, 6) is 0.634. The van der Waals surface area contributed by atoms with Crippen LogP contribution >= 0.6 is 0 Å². The summed E-state index contributed by atoms with van der Waals surface area (Å²) in [5.41, 5.74) is 5.81. The molecule has 0 aromatic rings. The number of carbonyl (C=O) groups is 1. The molecule has 0 aromatic carbocycles. The molecule has 2 fully saturated rings. The van der Waals surface area contributed by atoms with Gasteiger partial charge in [-0.15, -0.1) is 0 Å². The van der Waals surface area contributed by atoms with Crippen LogP contribution in [0.4, 0.5) is 0 Å². The van der Waals surface area contributed by atoms with E-state index in [-0.39, 0.29) is 17.6 Å². The third kappa shape index (κ3) is 3.95. The fourth-order valence-electron chi connectivity index (χ4n) is 3.62. The van der Waals surface area contributed by atoms with Gasteiger partial charge in [0, 0.05) is 19.6 Å². The van der Waals surface area contributed by atoms with Crippen molar-refractivity contribution >= 4 is 5.91 Å². The molecule has 1 saturated carbocycles. The molecule has 0 bridgehead atoms. The number of nitrogens with two attached hydrogens (primary N) is 1. The van der Waals surface area contributed by atoms with Gasteiger partial charge in [-0.3, -0.25) is 4.79 Å². The van der Waals surface area contributed by atoms with E-state index in [1.54, 1.807) is 0 Å². The highest BCUT2D eigenvalue weighted by Gasteiger charge is 2.38. The van der Waals surface area contributed by atoms with E-state index in [0.717, 1.165) is 32.3 Å². The molecule has 3 N–H and O–H groups in total. The summed E-state index contributed by atoms with van der Waals surface area (Å²) in [7, 11) is 0. The molecule has 3 unspecified atom stereocenters. The van der Waals surface area contributed by atoms with Gasteiger partial charge in [0.2, 0.25) is 5.91 Å². The summed E-state index contributed by atoms with van der Waals surface area (Å²) in [6, 6.07) is 0. The van der Waals surface area contributed by atoms with Gasteiger partial charge in [0.1, 0.15) is 0 Å². The normalized spacial score (nSPS) is 34.7. The Bertz CT molecular complexity index is 316. The van der Waals surface area contributed by atoms with Crippen molar-refractivity contribution in [3.05, 3.63) is 0 Å². The number of carbonyl (C=O) groups excluding carboxylic acids is 1. The van der Waals surface area contributed by atoms with Crippen LogP contribution in [0.1, 0.15) is 64.7 Å². The summed E-state index contributed by atoms with van der Waals surface area (Å²) in [6.07, 6.45) is 9.83. The zero-order valence-electron chi connectivity index (χ0n) is 12.8. The molecule has 4 nitrogen and oxygen atoms in total. The lowest BCUT2D eigenvalue weighted by molar-refractivity contribution is -0.125. The van der Waals surface area contributed by atoms with Gasteiger partial charge in [-0.25, -0.2) is 0 Å². The molecule has 0 radical (unpaired) electrons. The number of amides is 1. The van der Waals surface area contributed by atoms with Crippen LogP contribution in [-0.4, -0.2) is 30.7 Å². The maximum absolute atomic E-state index is 12.2. The lowest BCUT2D eigenvalue weighted by Crippen LogP contribution is -2.59. The van der Waals surface area contributed by atoms with Gasteiger partial charge in [-0.05, 0) is 44.4 Å². The first kappa shape index (κ1) is 15.8. The van der Waals surface area contributed by atoms with Crippen LogP contribution in [0.15, 0.2) is 0 Å². The van der Waals surface area contributed by atoms with E-state index in [4.69, 9.17) is 10.5 Å². The SMILES string of the molecule is CC1CCCCC1(CN)NC(=O)CCC1CCCCO1. The molecule has 4 heteroatoms. The van der Waals surface area contributed by atoms with Gasteiger partial charge in [0.15, 0.2) is 0 Å². The van der Waals surface area contributed by atoms with Crippen molar-refractivity contribution in [2.24, 2.45) is 11.7 Å². The third-order valence-electron chi connectivity index (χ3n) is 5.17. The number of nitrogens with one attached hydrogen (secondary N) is 1. The highest BCUT2D eigenvalue weighted by atomic mass is 16.5. The maximum Gasteiger partial charge on any atom is 0.220 e. The first-order valence-electron chi connectivity index (χ1n) is 8.29. The molecule has 2 rings (SSSR count). The molecule has 0 spiro atoms. The second-order valence-corrected chi connectivity index (χ2v) is 6.58. The van der Waals surface area contributed by atoms with E-state index >= 15 is 0 Å². The average molecular weight is 282 g/mol. The van der Waals surface area contributed by atoms with Gasteiger partial charge in [0.05, 0.1) is 11.6 Å². The molecule has 1 heterocycles. The fourth-order valence-corrected chi connectivity index (χ4v) is 3.62. The van der Waals surface area contributed by atoms with Gasteiger partial charge in [0.25, 0.3) is 0 Å². The van der Waals surface area contributed by atoms with Crippen molar-refractivity contribution in [3.63, 3.8) is 0 Å². The first-order valence-corrected chi connectivity index (χ1v) is 8.29. The average Bonchev–Trinajstić information content (AvgIpc) is 2.49. The van der Waals surface area contributed by atoms with Crippen LogP contribution in [0.2, 0.25) is 0 Å². The Morgan fingerprint density at radius 2 is 2.10 bits per heavy atom. The number of hydrogen-bond donors (Lipinski definition) is 2. The Morgan fingerprint density at radius 3 is 2.75 bits per heavy atom. The maximum atomic E-state index is 12.2. The second kappa shape index (κ2) is 7.41. The van der Waals surface area contributed by atoms with Gasteiger partial charge in [-0.1, -0.05) is 19.8 Å². The van der Waals surface area contributed by atoms with Crippen LogP contribution in [0, 0.1) is 5.92 Å². The van der Waals surface area contributed by atoms with E-state index in [2.05, 4.69) is 12.2 Å². The van der Waals surface area contributed by atoms with E-state index in [1.165, 1.54) is 25.7 Å². The van der Waals surface area contributed by atoms with Gasteiger partial charge in [-0.2, -0.15) is 0 Å². The number of ether oxygens (including phenoxy) is 1.